The molecule has 0 atom stereocenters. The first-order valence-corrected chi connectivity index (χ1v) is 3.77. The molecule has 1 aliphatic carbocycles. The van der Waals surface area contributed by atoms with E-state index >= 15 is 0 Å². The lowest BCUT2D eigenvalue weighted by Gasteiger charge is -2.16. The average Bonchev–Trinajstić information content (AvgIpc) is 2.13. The average molecular weight is 141 g/mol. The minimum atomic E-state index is 0.288. The molecular weight excluding hydrogens is 126 g/mol. The quantitative estimate of drug-likeness (QED) is 0.513. The Morgan fingerprint density at radius 2 is 2.20 bits per heavy atom. The maximum Gasteiger partial charge on any atom is 0.106 e. The van der Waals surface area contributed by atoms with Crippen LogP contribution in [0.2, 0.25) is 0 Å². The Kier molecular flexibility index (Phi) is 1.97. The van der Waals surface area contributed by atoms with E-state index in [2.05, 4.69) is 19.0 Å². The highest BCUT2D eigenvalue weighted by Crippen LogP contribution is 2.34. The van der Waals surface area contributed by atoms with Gasteiger partial charge in [0.25, 0.3) is 0 Å². The van der Waals surface area contributed by atoms with E-state index in [1.165, 1.54) is 18.6 Å². The molecule has 0 amide bonds. The number of hydrogen-bond donors (Lipinski definition) is 0. The lowest BCUT2D eigenvalue weighted by atomic mass is 9.90. The number of oxime groups is 1. The molecule has 1 saturated carbocycles. The Balaban J connectivity index is 2.68. The van der Waals surface area contributed by atoms with Gasteiger partial charge in [0.15, 0.2) is 0 Å². The van der Waals surface area contributed by atoms with Gasteiger partial charge >= 0.3 is 0 Å². The van der Waals surface area contributed by atoms with Crippen molar-refractivity contribution in [3.63, 3.8) is 0 Å². The van der Waals surface area contributed by atoms with Gasteiger partial charge in [-0.05, 0) is 19.3 Å². The summed E-state index contributed by atoms with van der Waals surface area (Å²) >= 11 is 0. The zero-order chi connectivity index (χ0) is 7.61. The molecule has 0 aromatic carbocycles. The first-order valence-electron chi connectivity index (χ1n) is 3.77. The fraction of sp³-hybridized carbons (Fsp3) is 0.875. The molecule has 0 aromatic heterocycles. The monoisotopic (exact) mass is 141 g/mol. The van der Waals surface area contributed by atoms with Gasteiger partial charge in [-0.1, -0.05) is 19.0 Å². The van der Waals surface area contributed by atoms with Crippen molar-refractivity contribution in [1.82, 2.24) is 0 Å². The minimum absolute atomic E-state index is 0.288. The van der Waals surface area contributed by atoms with Crippen molar-refractivity contribution in [2.75, 3.05) is 7.11 Å². The zero-order valence-corrected chi connectivity index (χ0v) is 6.98. The second-order valence-corrected chi connectivity index (χ2v) is 3.46. The smallest absolute Gasteiger partial charge is 0.106 e. The fourth-order valence-electron chi connectivity index (χ4n) is 1.46. The van der Waals surface area contributed by atoms with Crippen LogP contribution in [0.4, 0.5) is 0 Å². The van der Waals surface area contributed by atoms with Crippen molar-refractivity contribution >= 4 is 5.71 Å². The van der Waals surface area contributed by atoms with Crippen LogP contribution in [-0.2, 0) is 4.84 Å². The van der Waals surface area contributed by atoms with Gasteiger partial charge in [-0.2, -0.15) is 0 Å². The molecule has 1 fully saturated rings. The molecule has 58 valence electrons. The molecule has 0 aliphatic heterocycles. The molecule has 1 rings (SSSR count). The van der Waals surface area contributed by atoms with Gasteiger partial charge in [-0.15, -0.1) is 0 Å². The van der Waals surface area contributed by atoms with Crippen molar-refractivity contribution in [2.45, 2.75) is 33.1 Å². The molecule has 0 aromatic rings. The van der Waals surface area contributed by atoms with Gasteiger partial charge in [0.2, 0.25) is 0 Å². The molecule has 0 unspecified atom stereocenters. The molecule has 0 radical (unpaired) electrons. The highest BCUT2D eigenvalue weighted by Gasteiger charge is 2.30. The molecule has 1 aliphatic rings. The topological polar surface area (TPSA) is 21.6 Å². The van der Waals surface area contributed by atoms with Crippen LogP contribution in [0.15, 0.2) is 5.16 Å². The molecular formula is C8H15NO. The lowest BCUT2D eigenvalue weighted by molar-refractivity contribution is 0.209. The zero-order valence-electron chi connectivity index (χ0n) is 6.98. The summed E-state index contributed by atoms with van der Waals surface area (Å²) in [7, 11) is 1.61. The van der Waals surface area contributed by atoms with Gasteiger partial charge in [-0.25, -0.2) is 0 Å². The first kappa shape index (κ1) is 7.58. The van der Waals surface area contributed by atoms with E-state index < -0.39 is 0 Å². The Morgan fingerprint density at radius 3 is 2.60 bits per heavy atom. The van der Waals surface area contributed by atoms with Crippen LogP contribution in [-0.4, -0.2) is 12.8 Å². The maximum absolute atomic E-state index is 4.75. The minimum Gasteiger partial charge on any atom is -0.399 e. The summed E-state index contributed by atoms with van der Waals surface area (Å²) in [6.45, 7) is 4.44. The van der Waals surface area contributed by atoms with E-state index in [4.69, 9.17) is 4.84 Å². The second kappa shape index (κ2) is 2.60. The molecule has 0 spiro atoms. The van der Waals surface area contributed by atoms with Crippen molar-refractivity contribution in [1.29, 1.82) is 0 Å². The first-order chi connectivity index (χ1) is 4.67. The van der Waals surface area contributed by atoms with Crippen molar-refractivity contribution < 1.29 is 4.84 Å². The third-order valence-electron chi connectivity index (χ3n) is 2.20. The summed E-state index contributed by atoms with van der Waals surface area (Å²) in [5, 5.41) is 3.99. The number of hydrogen-bond acceptors (Lipinski definition) is 2. The maximum atomic E-state index is 4.75. The van der Waals surface area contributed by atoms with Crippen molar-refractivity contribution in [3.05, 3.63) is 0 Å². The molecule has 0 heterocycles. The predicted octanol–water partition coefficient (Wildman–Crippen LogP) is 2.20. The van der Waals surface area contributed by atoms with Crippen LogP contribution >= 0.6 is 0 Å². The second-order valence-electron chi connectivity index (χ2n) is 3.46. The summed E-state index contributed by atoms with van der Waals surface area (Å²) < 4.78 is 0. The van der Waals surface area contributed by atoms with Crippen LogP contribution < -0.4 is 0 Å². The molecule has 0 bridgehead atoms. The van der Waals surface area contributed by atoms with Gasteiger partial charge in [-0.3, -0.25) is 0 Å². The molecule has 10 heavy (non-hydrogen) atoms. The molecule has 2 nitrogen and oxygen atoms in total. The summed E-state index contributed by atoms with van der Waals surface area (Å²) in [5.41, 5.74) is 1.51. The standard InChI is InChI=1S/C8H15NO/c1-8(2)6-4-5-7(8)9-10-3/h4-6H2,1-3H3/b9-7-. The van der Waals surface area contributed by atoms with E-state index in [1.807, 2.05) is 0 Å². The number of nitrogens with zero attached hydrogens (tertiary/aromatic N) is 1. The molecule has 2 heteroatoms. The highest BCUT2D eigenvalue weighted by molar-refractivity contribution is 5.90. The Bertz CT molecular complexity index is 149. The normalized spacial score (nSPS) is 27.3. The SMILES string of the molecule is CO/N=C1/CCCC1(C)C. The van der Waals surface area contributed by atoms with Crippen LogP contribution in [0.3, 0.4) is 0 Å². The summed E-state index contributed by atoms with van der Waals surface area (Å²) in [5.74, 6) is 0. The largest absolute Gasteiger partial charge is 0.399 e. The third-order valence-corrected chi connectivity index (χ3v) is 2.20. The van der Waals surface area contributed by atoms with Gasteiger partial charge in [0.1, 0.15) is 7.11 Å². The van der Waals surface area contributed by atoms with E-state index in [-0.39, 0.29) is 5.41 Å². The summed E-state index contributed by atoms with van der Waals surface area (Å²) in [4.78, 5) is 4.75. The van der Waals surface area contributed by atoms with Crippen LogP contribution in [0, 0.1) is 5.41 Å². The highest BCUT2D eigenvalue weighted by atomic mass is 16.6. The lowest BCUT2D eigenvalue weighted by Crippen LogP contribution is -2.16. The van der Waals surface area contributed by atoms with Crippen molar-refractivity contribution in [2.24, 2.45) is 10.6 Å². The predicted molar refractivity (Wildman–Crippen MR) is 42.1 cm³/mol. The van der Waals surface area contributed by atoms with E-state index in [1.54, 1.807) is 7.11 Å². The van der Waals surface area contributed by atoms with Gasteiger partial charge < -0.3 is 4.84 Å². The van der Waals surface area contributed by atoms with E-state index in [9.17, 15) is 0 Å². The Morgan fingerprint density at radius 1 is 1.50 bits per heavy atom. The molecule has 0 N–H and O–H groups in total. The van der Waals surface area contributed by atoms with Crippen LogP contribution in [0.25, 0.3) is 0 Å². The van der Waals surface area contributed by atoms with Gasteiger partial charge in [0.05, 0.1) is 5.71 Å². The van der Waals surface area contributed by atoms with Crippen LogP contribution in [0.1, 0.15) is 33.1 Å². The van der Waals surface area contributed by atoms with E-state index in [0.29, 0.717) is 0 Å². The van der Waals surface area contributed by atoms with E-state index in [0.717, 1.165) is 6.42 Å². The Hall–Kier alpha value is -0.530. The van der Waals surface area contributed by atoms with Gasteiger partial charge in [0, 0.05) is 5.41 Å². The molecule has 0 saturated heterocycles. The summed E-state index contributed by atoms with van der Waals surface area (Å²) in [6.07, 6.45) is 3.62. The fourth-order valence-corrected chi connectivity index (χ4v) is 1.46. The van der Waals surface area contributed by atoms with Crippen molar-refractivity contribution in [3.8, 4) is 0 Å². The number of rotatable bonds is 1. The summed E-state index contributed by atoms with van der Waals surface area (Å²) in [6, 6.07) is 0. The third kappa shape index (κ3) is 1.31. The van der Waals surface area contributed by atoms with Crippen LogP contribution in [0.5, 0.6) is 0 Å². The Labute approximate surface area is 62.3 Å².